The fourth-order valence-electron chi connectivity index (χ4n) is 3.28. The number of likely N-dealkylation sites (tertiary alicyclic amines) is 1. The first kappa shape index (κ1) is 13.5. The molecule has 5 heteroatoms. The molecule has 1 saturated heterocycles. The van der Waals surface area contributed by atoms with E-state index in [4.69, 9.17) is 4.42 Å². The molecule has 1 saturated carbocycles. The Labute approximate surface area is 129 Å². The lowest BCUT2D eigenvalue weighted by Crippen LogP contribution is -2.33. The zero-order valence-corrected chi connectivity index (χ0v) is 13.0. The fraction of sp³-hybridized carbons (Fsp3) is 0.625. The van der Waals surface area contributed by atoms with Gasteiger partial charge in [-0.3, -0.25) is 4.90 Å². The lowest BCUT2D eigenvalue weighted by Gasteiger charge is -2.33. The van der Waals surface area contributed by atoms with E-state index in [1.54, 1.807) is 11.3 Å². The minimum atomic E-state index is 0.306. The Kier molecular flexibility index (Phi) is 3.78. The van der Waals surface area contributed by atoms with Crippen LogP contribution >= 0.6 is 11.3 Å². The fourth-order valence-corrected chi connectivity index (χ4v) is 3.94. The quantitative estimate of drug-likeness (QED) is 0.852. The van der Waals surface area contributed by atoms with Crippen LogP contribution in [0.3, 0.4) is 0 Å². The molecule has 112 valence electrons. The Morgan fingerprint density at radius 3 is 2.81 bits per heavy atom. The second kappa shape index (κ2) is 5.89. The summed E-state index contributed by atoms with van der Waals surface area (Å²) in [5.41, 5.74) is 1.39. The SMILES string of the molecule is c1cc(CN2CCCC[C@@H]2c2nnc(C3CCC3)o2)cs1. The molecular weight excluding hydrogens is 282 g/mol. The van der Waals surface area contributed by atoms with Crippen molar-refractivity contribution >= 4 is 11.3 Å². The summed E-state index contributed by atoms with van der Waals surface area (Å²) in [6, 6.07) is 2.52. The smallest absolute Gasteiger partial charge is 0.233 e. The van der Waals surface area contributed by atoms with Crippen LogP contribution in [0, 0.1) is 0 Å². The number of rotatable bonds is 4. The molecule has 1 atom stereocenters. The maximum atomic E-state index is 6.02. The van der Waals surface area contributed by atoms with Crippen LogP contribution in [-0.2, 0) is 6.54 Å². The maximum Gasteiger partial charge on any atom is 0.233 e. The Morgan fingerprint density at radius 2 is 2.05 bits per heavy atom. The third kappa shape index (κ3) is 2.77. The van der Waals surface area contributed by atoms with Crippen molar-refractivity contribution in [3.05, 3.63) is 34.2 Å². The predicted octanol–water partition coefficient (Wildman–Crippen LogP) is 4.13. The summed E-state index contributed by atoms with van der Waals surface area (Å²) in [6.07, 6.45) is 7.39. The highest BCUT2D eigenvalue weighted by molar-refractivity contribution is 7.07. The van der Waals surface area contributed by atoms with Gasteiger partial charge in [0.25, 0.3) is 0 Å². The summed E-state index contributed by atoms with van der Waals surface area (Å²) in [5, 5.41) is 13.1. The van der Waals surface area contributed by atoms with Crippen LogP contribution in [0.15, 0.2) is 21.2 Å². The molecule has 2 aromatic rings. The number of aromatic nitrogens is 2. The molecule has 1 aliphatic carbocycles. The van der Waals surface area contributed by atoms with Crippen molar-refractivity contribution in [3.63, 3.8) is 0 Å². The number of hydrogen-bond donors (Lipinski definition) is 0. The minimum absolute atomic E-state index is 0.306. The van der Waals surface area contributed by atoms with Gasteiger partial charge in [-0.25, -0.2) is 0 Å². The van der Waals surface area contributed by atoms with Gasteiger partial charge in [-0.15, -0.1) is 10.2 Å². The highest BCUT2D eigenvalue weighted by Gasteiger charge is 2.31. The molecule has 3 heterocycles. The van der Waals surface area contributed by atoms with Crippen LogP contribution in [0.2, 0.25) is 0 Å². The molecule has 4 rings (SSSR count). The van der Waals surface area contributed by atoms with E-state index in [9.17, 15) is 0 Å². The summed E-state index contributed by atoms with van der Waals surface area (Å²) in [5.74, 6) is 2.24. The van der Waals surface area contributed by atoms with Crippen LogP contribution in [0.1, 0.15) is 67.8 Å². The van der Waals surface area contributed by atoms with Crippen LogP contribution in [0.25, 0.3) is 0 Å². The van der Waals surface area contributed by atoms with E-state index >= 15 is 0 Å². The second-order valence-corrected chi connectivity index (χ2v) is 7.00. The van der Waals surface area contributed by atoms with Crippen molar-refractivity contribution in [1.82, 2.24) is 15.1 Å². The molecule has 2 aliphatic rings. The average Bonchev–Trinajstić information content (AvgIpc) is 3.09. The number of piperidine rings is 1. The van der Waals surface area contributed by atoms with Crippen LogP contribution in [-0.4, -0.2) is 21.6 Å². The van der Waals surface area contributed by atoms with E-state index < -0.39 is 0 Å². The van der Waals surface area contributed by atoms with Gasteiger partial charge in [-0.05, 0) is 54.6 Å². The van der Waals surface area contributed by atoms with E-state index in [1.165, 1.54) is 37.7 Å². The Morgan fingerprint density at radius 1 is 1.14 bits per heavy atom. The number of nitrogens with zero attached hydrogens (tertiary/aromatic N) is 3. The van der Waals surface area contributed by atoms with Gasteiger partial charge in [0, 0.05) is 12.5 Å². The van der Waals surface area contributed by atoms with E-state index in [1.807, 2.05) is 0 Å². The minimum Gasteiger partial charge on any atom is -0.423 e. The molecule has 0 radical (unpaired) electrons. The Hall–Kier alpha value is -1.20. The third-order valence-electron chi connectivity index (χ3n) is 4.78. The summed E-state index contributed by atoms with van der Waals surface area (Å²) in [6.45, 7) is 2.12. The van der Waals surface area contributed by atoms with E-state index in [-0.39, 0.29) is 0 Å². The number of thiophene rings is 1. The van der Waals surface area contributed by atoms with Crippen molar-refractivity contribution in [1.29, 1.82) is 0 Å². The molecule has 4 nitrogen and oxygen atoms in total. The van der Waals surface area contributed by atoms with Crippen LogP contribution < -0.4 is 0 Å². The highest BCUT2D eigenvalue weighted by Crippen LogP contribution is 2.38. The van der Waals surface area contributed by atoms with Gasteiger partial charge in [0.1, 0.15) is 0 Å². The molecule has 0 bridgehead atoms. The first-order valence-corrected chi connectivity index (χ1v) is 8.93. The summed E-state index contributed by atoms with van der Waals surface area (Å²) >= 11 is 1.77. The van der Waals surface area contributed by atoms with Crippen molar-refractivity contribution in [2.75, 3.05) is 6.54 Å². The normalized spacial score (nSPS) is 24.1. The molecule has 21 heavy (non-hydrogen) atoms. The molecule has 0 spiro atoms. The first-order chi connectivity index (χ1) is 10.4. The zero-order valence-electron chi connectivity index (χ0n) is 12.2. The predicted molar refractivity (Wildman–Crippen MR) is 82.2 cm³/mol. The zero-order chi connectivity index (χ0) is 14.1. The van der Waals surface area contributed by atoms with Gasteiger partial charge in [0.15, 0.2) is 0 Å². The van der Waals surface area contributed by atoms with Crippen molar-refractivity contribution in [2.24, 2.45) is 0 Å². The third-order valence-corrected chi connectivity index (χ3v) is 5.51. The molecule has 0 amide bonds. The topological polar surface area (TPSA) is 42.2 Å². The Bertz CT molecular complexity index is 576. The Balaban J connectivity index is 1.51. The molecular formula is C16H21N3OS. The highest BCUT2D eigenvalue weighted by atomic mass is 32.1. The van der Waals surface area contributed by atoms with Gasteiger partial charge < -0.3 is 4.42 Å². The molecule has 2 aromatic heterocycles. The standard InChI is InChI=1S/C16H21N3OS/c1-2-8-19(10-12-7-9-21-11-12)14(6-1)16-18-17-15(20-16)13-4-3-5-13/h7,9,11,13-14H,1-6,8,10H2/t14-/m1/s1. The first-order valence-electron chi connectivity index (χ1n) is 7.98. The maximum absolute atomic E-state index is 6.02. The molecule has 0 unspecified atom stereocenters. The van der Waals surface area contributed by atoms with E-state index in [0.717, 1.165) is 31.3 Å². The van der Waals surface area contributed by atoms with Gasteiger partial charge >= 0.3 is 0 Å². The lowest BCUT2D eigenvalue weighted by molar-refractivity contribution is 0.115. The average molecular weight is 303 g/mol. The van der Waals surface area contributed by atoms with Crippen molar-refractivity contribution < 1.29 is 4.42 Å². The monoisotopic (exact) mass is 303 g/mol. The summed E-state index contributed by atoms with van der Waals surface area (Å²) < 4.78 is 6.02. The molecule has 1 aliphatic heterocycles. The number of hydrogen-bond acceptors (Lipinski definition) is 5. The molecule has 0 aromatic carbocycles. The van der Waals surface area contributed by atoms with E-state index in [2.05, 4.69) is 31.9 Å². The van der Waals surface area contributed by atoms with Crippen LogP contribution in [0.5, 0.6) is 0 Å². The summed E-state index contributed by atoms with van der Waals surface area (Å²) in [7, 11) is 0. The molecule has 2 fully saturated rings. The summed E-state index contributed by atoms with van der Waals surface area (Å²) in [4.78, 5) is 2.50. The van der Waals surface area contributed by atoms with E-state index in [0.29, 0.717) is 12.0 Å². The van der Waals surface area contributed by atoms with Gasteiger partial charge in [0.05, 0.1) is 6.04 Å². The lowest BCUT2D eigenvalue weighted by atomic mass is 9.85. The van der Waals surface area contributed by atoms with Gasteiger partial charge in [-0.1, -0.05) is 12.8 Å². The molecule has 0 N–H and O–H groups in total. The van der Waals surface area contributed by atoms with Gasteiger partial charge in [0.2, 0.25) is 11.8 Å². The van der Waals surface area contributed by atoms with Crippen LogP contribution in [0.4, 0.5) is 0 Å². The largest absolute Gasteiger partial charge is 0.423 e. The van der Waals surface area contributed by atoms with Gasteiger partial charge in [-0.2, -0.15) is 11.3 Å². The second-order valence-electron chi connectivity index (χ2n) is 6.22. The van der Waals surface area contributed by atoms with Crippen molar-refractivity contribution in [2.45, 2.75) is 57.0 Å². The van der Waals surface area contributed by atoms with Crippen molar-refractivity contribution in [3.8, 4) is 0 Å².